The van der Waals surface area contributed by atoms with Crippen LogP contribution < -0.4 is 20.1 Å². The molecule has 2 aliphatic heterocycles. The zero-order valence-corrected chi connectivity index (χ0v) is 13.2. The number of ether oxygens (including phenoxy) is 2. The first-order chi connectivity index (χ1) is 10.7. The van der Waals surface area contributed by atoms with E-state index >= 15 is 0 Å². The standard InChI is InChI=1S/C16H14Cl2N2O2/c17-11-2-3-12(18)16-10(11)7-20(13(16)6-19)9-1-4-14-15(5-9)22-8-21-14/h1-5,13H,6-8,19H2. The van der Waals surface area contributed by atoms with E-state index in [4.69, 9.17) is 38.4 Å². The monoisotopic (exact) mass is 336 g/mol. The van der Waals surface area contributed by atoms with Crippen molar-refractivity contribution in [1.82, 2.24) is 0 Å². The Morgan fingerprint density at radius 3 is 2.68 bits per heavy atom. The summed E-state index contributed by atoms with van der Waals surface area (Å²) < 4.78 is 10.8. The van der Waals surface area contributed by atoms with E-state index in [2.05, 4.69) is 4.90 Å². The summed E-state index contributed by atoms with van der Waals surface area (Å²) in [7, 11) is 0. The van der Waals surface area contributed by atoms with Crippen LogP contribution in [0.25, 0.3) is 0 Å². The van der Waals surface area contributed by atoms with E-state index < -0.39 is 0 Å². The topological polar surface area (TPSA) is 47.7 Å². The van der Waals surface area contributed by atoms with Gasteiger partial charge in [-0.3, -0.25) is 0 Å². The highest BCUT2D eigenvalue weighted by Crippen LogP contribution is 2.45. The van der Waals surface area contributed by atoms with Crippen LogP contribution in [0.2, 0.25) is 10.0 Å². The molecule has 2 aliphatic rings. The summed E-state index contributed by atoms with van der Waals surface area (Å²) in [4.78, 5) is 2.20. The summed E-state index contributed by atoms with van der Waals surface area (Å²) in [5.41, 5.74) is 9.09. The van der Waals surface area contributed by atoms with E-state index in [1.54, 1.807) is 0 Å². The Kier molecular flexibility index (Phi) is 3.33. The van der Waals surface area contributed by atoms with Crippen LogP contribution >= 0.6 is 23.2 Å². The summed E-state index contributed by atoms with van der Waals surface area (Å²) in [6, 6.07) is 9.55. The van der Waals surface area contributed by atoms with Gasteiger partial charge in [-0.25, -0.2) is 0 Å². The molecule has 0 radical (unpaired) electrons. The lowest BCUT2D eigenvalue weighted by Crippen LogP contribution is -2.27. The van der Waals surface area contributed by atoms with Gasteiger partial charge in [-0.1, -0.05) is 23.2 Å². The fourth-order valence-corrected chi connectivity index (χ4v) is 3.67. The van der Waals surface area contributed by atoms with Gasteiger partial charge in [0.05, 0.1) is 6.04 Å². The molecular weight excluding hydrogens is 323 g/mol. The molecule has 6 heteroatoms. The van der Waals surface area contributed by atoms with Gasteiger partial charge in [0.15, 0.2) is 11.5 Å². The Labute approximate surface area is 138 Å². The first kappa shape index (κ1) is 14.0. The molecule has 2 N–H and O–H groups in total. The van der Waals surface area contributed by atoms with E-state index in [1.165, 1.54) is 0 Å². The summed E-state index contributed by atoms with van der Waals surface area (Å²) in [5, 5.41) is 1.43. The second-order valence-corrected chi connectivity index (χ2v) is 6.15. The van der Waals surface area contributed by atoms with Crippen LogP contribution in [0.3, 0.4) is 0 Å². The van der Waals surface area contributed by atoms with Crippen LogP contribution in [-0.4, -0.2) is 13.3 Å². The fourth-order valence-electron chi connectivity index (χ4n) is 3.15. The Bertz CT molecular complexity index is 751. The van der Waals surface area contributed by atoms with Gasteiger partial charge in [-0.15, -0.1) is 0 Å². The maximum atomic E-state index is 6.38. The van der Waals surface area contributed by atoms with Crippen molar-refractivity contribution in [2.24, 2.45) is 5.73 Å². The number of hydrogen-bond donors (Lipinski definition) is 1. The van der Waals surface area contributed by atoms with Crippen molar-refractivity contribution in [2.75, 3.05) is 18.2 Å². The van der Waals surface area contributed by atoms with E-state index in [9.17, 15) is 0 Å². The lowest BCUT2D eigenvalue weighted by atomic mass is 10.0. The van der Waals surface area contributed by atoms with Crippen molar-refractivity contribution in [2.45, 2.75) is 12.6 Å². The SMILES string of the molecule is NCC1c2c(Cl)ccc(Cl)c2CN1c1ccc2c(c1)OCO2. The molecule has 0 amide bonds. The molecular formula is C16H14Cl2N2O2. The van der Waals surface area contributed by atoms with E-state index in [1.807, 2.05) is 30.3 Å². The molecule has 0 aliphatic carbocycles. The average molecular weight is 337 g/mol. The van der Waals surface area contributed by atoms with Crippen LogP contribution in [-0.2, 0) is 6.54 Å². The maximum Gasteiger partial charge on any atom is 0.231 e. The molecule has 0 spiro atoms. The van der Waals surface area contributed by atoms with Crippen molar-refractivity contribution in [1.29, 1.82) is 0 Å². The molecule has 1 atom stereocenters. The highest BCUT2D eigenvalue weighted by molar-refractivity contribution is 6.34. The number of benzene rings is 2. The normalized spacial score (nSPS) is 18.7. The van der Waals surface area contributed by atoms with Crippen LogP contribution in [0.5, 0.6) is 11.5 Å². The minimum absolute atomic E-state index is 0.00146. The maximum absolute atomic E-state index is 6.38. The number of nitrogens with two attached hydrogens (primary N) is 1. The van der Waals surface area contributed by atoms with E-state index in [0.29, 0.717) is 18.1 Å². The van der Waals surface area contributed by atoms with Crippen molar-refractivity contribution in [3.8, 4) is 11.5 Å². The van der Waals surface area contributed by atoms with Gasteiger partial charge >= 0.3 is 0 Å². The van der Waals surface area contributed by atoms with Crippen molar-refractivity contribution in [3.63, 3.8) is 0 Å². The van der Waals surface area contributed by atoms with Gasteiger partial charge in [-0.05, 0) is 29.8 Å². The Hall–Kier alpha value is -1.62. The third-order valence-corrected chi connectivity index (χ3v) is 4.88. The van der Waals surface area contributed by atoms with Gasteiger partial charge in [0, 0.05) is 40.5 Å². The van der Waals surface area contributed by atoms with Gasteiger partial charge in [0.2, 0.25) is 6.79 Å². The summed E-state index contributed by atoms with van der Waals surface area (Å²) in [6.45, 7) is 1.40. The Morgan fingerprint density at radius 2 is 1.86 bits per heavy atom. The molecule has 4 nitrogen and oxygen atoms in total. The average Bonchev–Trinajstić information content (AvgIpc) is 3.14. The highest BCUT2D eigenvalue weighted by Gasteiger charge is 2.33. The van der Waals surface area contributed by atoms with Gasteiger partial charge in [0.25, 0.3) is 0 Å². The van der Waals surface area contributed by atoms with Gasteiger partial charge in [-0.2, -0.15) is 0 Å². The Morgan fingerprint density at radius 1 is 1.09 bits per heavy atom. The molecule has 0 bridgehead atoms. The second kappa shape index (κ2) is 5.23. The minimum atomic E-state index is 0.00146. The summed E-state index contributed by atoms with van der Waals surface area (Å²) in [6.07, 6.45) is 0. The zero-order valence-electron chi connectivity index (χ0n) is 11.7. The molecule has 2 aromatic rings. The second-order valence-electron chi connectivity index (χ2n) is 5.34. The number of fused-ring (bicyclic) bond motifs is 2. The first-order valence-corrected chi connectivity index (χ1v) is 7.77. The minimum Gasteiger partial charge on any atom is -0.454 e. The van der Waals surface area contributed by atoms with Crippen LogP contribution in [0.15, 0.2) is 30.3 Å². The predicted molar refractivity (Wildman–Crippen MR) is 87.0 cm³/mol. The van der Waals surface area contributed by atoms with Gasteiger partial charge in [0.1, 0.15) is 0 Å². The predicted octanol–water partition coefficient (Wildman–Crippen LogP) is 3.74. The molecule has 4 rings (SSSR count). The molecule has 1 unspecified atom stereocenters. The van der Waals surface area contributed by atoms with E-state index in [-0.39, 0.29) is 12.8 Å². The number of anilines is 1. The third-order valence-electron chi connectivity index (χ3n) is 4.20. The van der Waals surface area contributed by atoms with Crippen LogP contribution in [0.1, 0.15) is 17.2 Å². The molecule has 114 valence electrons. The molecule has 0 saturated heterocycles. The molecule has 2 aromatic carbocycles. The number of rotatable bonds is 2. The van der Waals surface area contributed by atoms with Crippen molar-refractivity contribution >= 4 is 28.9 Å². The quantitative estimate of drug-likeness (QED) is 0.907. The lowest BCUT2D eigenvalue weighted by Gasteiger charge is -2.26. The van der Waals surface area contributed by atoms with E-state index in [0.717, 1.165) is 33.3 Å². The molecule has 0 saturated carbocycles. The molecule has 22 heavy (non-hydrogen) atoms. The number of halogens is 2. The van der Waals surface area contributed by atoms with Crippen LogP contribution in [0.4, 0.5) is 5.69 Å². The Balaban J connectivity index is 1.78. The first-order valence-electron chi connectivity index (χ1n) is 7.02. The largest absolute Gasteiger partial charge is 0.454 e. The summed E-state index contributed by atoms with van der Waals surface area (Å²) >= 11 is 12.7. The van der Waals surface area contributed by atoms with Crippen molar-refractivity contribution in [3.05, 3.63) is 51.5 Å². The lowest BCUT2D eigenvalue weighted by molar-refractivity contribution is 0.174. The van der Waals surface area contributed by atoms with Gasteiger partial charge < -0.3 is 20.1 Å². The summed E-state index contributed by atoms with van der Waals surface area (Å²) in [5.74, 6) is 1.52. The third kappa shape index (κ3) is 2.02. The zero-order chi connectivity index (χ0) is 15.3. The number of nitrogens with zero attached hydrogens (tertiary/aromatic N) is 1. The molecule has 0 aromatic heterocycles. The molecule has 2 heterocycles. The van der Waals surface area contributed by atoms with Crippen molar-refractivity contribution < 1.29 is 9.47 Å². The highest BCUT2D eigenvalue weighted by atomic mass is 35.5. The number of hydrogen-bond acceptors (Lipinski definition) is 4. The molecule has 0 fully saturated rings. The van der Waals surface area contributed by atoms with Crippen LogP contribution in [0, 0.1) is 0 Å². The fraction of sp³-hybridized carbons (Fsp3) is 0.250. The smallest absolute Gasteiger partial charge is 0.231 e.